The smallest absolute Gasteiger partial charge is 0.105 e. The number of rotatable bonds is 8. The molecule has 2 rings (SSSR count). The molecule has 2 atom stereocenters. The van der Waals surface area contributed by atoms with Crippen LogP contribution in [0.15, 0.2) is 0 Å². The van der Waals surface area contributed by atoms with Gasteiger partial charge in [0, 0.05) is 18.6 Å². The van der Waals surface area contributed by atoms with Crippen molar-refractivity contribution in [3.05, 3.63) is 0 Å². The van der Waals surface area contributed by atoms with Gasteiger partial charge in [-0.25, -0.2) is 0 Å². The van der Waals surface area contributed by atoms with Gasteiger partial charge in [0.1, 0.15) is 5.54 Å². The molecule has 0 saturated heterocycles. The van der Waals surface area contributed by atoms with Gasteiger partial charge >= 0.3 is 0 Å². The van der Waals surface area contributed by atoms with Gasteiger partial charge in [0.15, 0.2) is 0 Å². The predicted octanol–water partition coefficient (Wildman–Crippen LogP) is 2.53. The van der Waals surface area contributed by atoms with Crippen LogP contribution in [0.1, 0.15) is 52.9 Å². The quantitative estimate of drug-likeness (QED) is 0.718. The lowest BCUT2D eigenvalue weighted by molar-refractivity contribution is 0.177. The van der Waals surface area contributed by atoms with Crippen molar-refractivity contribution in [3.8, 4) is 6.07 Å². The second-order valence-electron chi connectivity index (χ2n) is 6.45. The molecule has 0 aromatic heterocycles. The molecule has 0 aromatic rings. The van der Waals surface area contributed by atoms with Gasteiger partial charge in [-0.1, -0.05) is 6.92 Å². The number of nitriles is 1. The minimum absolute atomic E-state index is 0.350. The first-order valence-electron chi connectivity index (χ1n) is 7.49. The van der Waals surface area contributed by atoms with E-state index in [1.54, 1.807) is 0 Å². The summed E-state index contributed by atoms with van der Waals surface area (Å²) >= 11 is 0. The first kappa shape index (κ1) is 13.8. The van der Waals surface area contributed by atoms with Crippen LogP contribution in [0.25, 0.3) is 0 Å². The summed E-state index contributed by atoms with van der Waals surface area (Å²) < 4.78 is 0. The predicted molar refractivity (Wildman–Crippen MR) is 74.2 cm³/mol. The molecule has 0 aliphatic heterocycles. The molecule has 2 aliphatic carbocycles. The van der Waals surface area contributed by atoms with Gasteiger partial charge in [0.05, 0.1) is 6.07 Å². The second kappa shape index (κ2) is 5.59. The van der Waals surface area contributed by atoms with Crippen LogP contribution in [0.3, 0.4) is 0 Å². The van der Waals surface area contributed by atoms with Crippen molar-refractivity contribution in [1.29, 1.82) is 5.26 Å². The van der Waals surface area contributed by atoms with Crippen molar-refractivity contribution >= 4 is 0 Å². The molecule has 3 heteroatoms. The monoisotopic (exact) mass is 249 g/mol. The van der Waals surface area contributed by atoms with E-state index >= 15 is 0 Å². The molecule has 2 fully saturated rings. The van der Waals surface area contributed by atoms with Crippen LogP contribution in [0.2, 0.25) is 0 Å². The lowest BCUT2D eigenvalue weighted by Gasteiger charge is -2.33. The normalized spacial score (nSPS) is 24.6. The van der Waals surface area contributed by atoms with E-state index in [-0.39, 0.29) is 5.54 Å². The highest BCUT2D eigenvalue weighted by atomic mass is 15.2. The second-order valence-corrected chi connectivity index (χ2v) is 6.45. The number of hydrogen-bond donors (Lipinski definition) is 1. The van der Waals surface area contributed by atoms with Crippen LogP contribution < -0.4 is 5.32 Å². The molecule has 0 aromatic carbocycles. The van der Waals surface area contributed by atoms with Gasteiger partial charge in [-0.05, 0) is 58.4 Å². The molecule has 2 aliphatic rings. The summed E-state index contributed by atoms with van der Waals surface area (Å²) in [5.41, 5.74) is -0.350. The molecule has 2 unspecified atom stereocenters. The number of hydrogen-bond acceptors (Lipinski definition) is 3. The first-order valence-corrected chi connectivity index (χ1v) is 7.49. The third-order valence-electron chi connectivity index (χ3n) is 4.27. The van der Waals surface area contributed by atoms with Gasteiger partial charge in [0.25, 0.3) is 0 Å². The summed E-state index contributed by atoms with van der Waals surface area (Å²) in [5.74, 6) is 0.928. The molecule has 0 spiro atoms. The fraction of sp³-hybridized carbons (Fsp3) is 0.933. The van der Waals surface area contributed by atoms with E-state index in [9.17, 15) is 5.26 Å². The third-order valence-corrected chi connectivity index (χ3v) is 4.27. The standard InChI is InChI=1S/C15H27N3/c1-4-18(10-13-5-6-13)12(2)9-15(3,11-16)17-14-7-8-14/h12-14,17H,4-10H2,1-3H3. The maximum Gasteiger partial charge on any atom is 0.105 e. The van der Waals surface area contributed by atoms with Gasteiger partial charge in [-0.15, -0.1) is 0 Å². The van der Waals surface area contributed by atoms with Gasteiger partial charge in [0.2, 0.25) is 0 Å². The highest BCUT2D eigenvalue weighted by molar-refractivity contribution is 5.08. The van der Waals surface area contributed by atoms with Crippen LogP contribution >= 0.6 is 0 Å². The molecule has 3 nitrogen and oxygen atoms in total. The van der Waals surface area contributed by atoms with Gasteiger partial charge in [-0.3, -0.25) is 5.32 Å². The zero-order chi connectivity index (χ0) is 13.2. The van der Waals surface area contributed by atoms with Crippen LogP contribution in [-0.4, -0.2) is 35.6 Å². The summed E-state index contributed by atoms with van der Waals surface area (Å²) in [7, 11) is 0. The average Bonchev–Trinajstić information content (AvgIpc) is 3.21. The molecular formula is C15H27N3. The summed E-state index contributed by atoms with van der Waals surface area (Å²) in [4.78, 5) is 2.54. The number of nitrogens with zero attached hydrogens (tertiary/aromatic N) is 2. The summed E-state index contributed by atoms with van der Waals surface area (Å²) in [6.45, 7) is 8.89. The molecule has 0 bridgehead atoms. The lowest BCUT2D eigenvalue weighted by atomic mass is 9.94. The molecule has 1 N–H and O–H groups in total. The van der Waals surface area contributed by atoms with E-state index in [1.165, 1.54) is 32.2 Å². The Morgan fingerprint density at radius 1 is 1.39 bits per heavy atom. The van der Waals surface area contributed by atoms with Crippen LogP contribution in [-0.2, 0) is 0 Å². The van der Waals surface area contributed by atoms with Gasteiger partial charge in [-0.2, -0.15) is 5.26 Å². The Kier molecular flexibility index (Phi) is 4.29. The largest absolute Gasteiger partial charge is 0.301 e. The van der Waals surface area contributed by atoms with Crippen molar-refractivity contribution in [3.63, 3.8) is 0 Å². The van der Waals surface area contributed by atoms with Crippen LogP contribution in [0, 0.1) is 17.2 Å². The fourth-order valence-corrected chi connectivity index (χ4v) is 2.79. The van der Waals surface area contributed by atoms with Crippen molar-refractivity contribution < 1.29 is 0 Å². The molecule has 0 heterocycles. The third kappa shape index (κ3) is 3.96. The van der Waals surface area contributed by atoms with E-state index in [1.807, 2.05) is 0 Å². The van der Waals surface area contributed by atoms with Crippen LogP contribution in [0.5, 0.6) is 0 Å². The average molecular weight is 249 g/mol. The van der Waals surface area contributed by atoms with Crippen molar-refractivity contribution in [2.45, 2.75) is 70.5 Å². The minimum Gasteiger partial charge on any atom is -0.301 e. The SMILES string of the molecule is CCN(CC1CC1)C(C)CC(C)(C#N)NC1CC1. The first-order chi connectivity index (χ1) is 8.56. The van der Waals surface area contributed by atoms with Crippen molar-refractivity contribution in [2.24, 2.45) is 5.92 Å². The molecule has 2 saturated carbocycles. The van der Waals surface area contributed by atoms with E-state index in [0.29, 0.717) is 12.1 Å². The highest BCUT2D eigenvalue weighted by Crippen LogP contribution is 2.31. The Morgan fingerprint density at radius 3 is 2.50 bits per heavy atom. The summed E-state index contributed by atoms with van der Waals surface area (Å²) in [5, 5.41) is 12.9. The Labute approximate surface area is 112 Å². The summed E-state index contributed by atoms with van der Waals surface area (Å²) in [6.07, 6.45) is 6.22. The molecule has 18 heavy (non-hydrogen) atoms. The maximum atomic E-state index is 9.43. The summed E-state index contributed by atoms with van der Waals surface area (Å²) in [6, 6.07) is 3.58. The van der Waals surface area contributed by atoms with E-state index < -0.39 is 0 Å². The minimum atomic E-state index is -0.350. The van der Waals surface area contributed by atoms with E-state index in [4.69, 9.17) is 0 Å². The Bertz CT molecular complexity index is 314. The van der Waals surface area contributed by atoms with E-state index in [0.717, 1.165) is 18.9 Å². The molecule has 102 valence electrons. The van der Waals surface area contributed by atoms with Gasteiger partial charge < -0.3 is 4.90 Å². The van der Waals surface area contributed by atoms with Crippen molar-refractivity contribution in [1.82, 2.24) is 10.2 Å². The molecule has 0 amide bonds. The Balaban J connectivity index is 1.85. The zero-order valence-electron chi connectivity index (χ0n) is 12.1. The zero-order valence-corrected chi connectivity index (χ0v) is 12.1. The fourth-order valence-electron chi connectivity index (χ4n) is 2.79. The number of nitrogens with one attached hydrogen (secondary N) is 1. The van der Waals surface area contributed by atoms with E-state index in [2.05, 4.69) is 37.1 Å². The van der Waals surface area contributed by atoms with Crippen LogP contribution in [0.4, 0.5) is 0 Å². The van der Waals surface area contributed by atoms with Crippen molar-refractivity contribution in [2.75, 3.05) is 13.1 Å². The molecule has 0 radical (unpaired) electrons. The Morgan fingerprint density at radius 2 is 2.06 bits per heavy atom. The topological polar surface area (TPSA) is 39.1 Å². The lowest BCUT2D eigenvalue weighted by Crippen LogP contribution is -2.48. The molecular weight excluding hydrogens is 222 g/mol. The Hall–Kier alpha value is -0.590. The maximum absolute atomic E-state index is 9.43. The highest BCUT2D eigenvalue weighted by Gasteiger charge is 2.35.